The first-order chi connectivity index (χ1) is 7.84. The van der Waals surface area contributed by atoms with Crippen LogP contribution in [0.4, 0.5) is 5.69 Å². The van der Waals surface area contributed by atoms with Crippen molar-refractivity contribution in [2.45, 2.75) is 19.3 Å². The number of nitrogens with one attached hydrogen (secondary N) is 1. The van der Waals surface area contributed by atoms with Gasteiger partial charge in [-0.15, -0.1) is 0 Å². The van der Waals surface area contributed by atoms with E-state index in [4.69, 9.17) is 0 Å². The molecule has 88 valence electrons. The molecule has 3 heteroatoms. The predicted molar refractivity (Wildman–Crippen MR) is 67.6 cm³/mol. The second-order valence-corrected chi connectivity index (χ2v) is 4.70. The first-order valence-electron chi connectivity index (χ1n) is 6.17. The molecule has 0 aliphatic carbocycles. The van der Waals surface area contributed by atoms with Crippen LogP contribution in [-0.2, 0) is 0 Å². The summed E-state index contributed by atoms with van der Waals surface area (Å²) >= 11 is 0. The van der Waals surface area contributed by atoms with Crippen molar-refractivity contribution in [3.05, 3.63) is 24.5 Å². The number of likely N-dealkylation sites (tertiary alicyclic amines) is 1. The number of piperidine rings is 1. The van der Waals surface area contributed by atoms with Crippen molar-refractivity contribution < 1.29 is 0 Å². The highest BCUT2D eigenvalue weighted by molar-refractivity contribution is 5.40. The number of hydrogen-bond donors (Lipinski definition) is 1. The van der Waals surface area contributed by atoms with Gasteiger partial charge in [-0.3, -0.25) is 4.98 Å². The van der Waals surface area contributed by atoms with E-state index in [0.29, 0.717) is 0 Å². The predicted octanol–water partition coefficient (Wildman–Crippen LogP) is 2.23. The summed E-state index contributed by atoms with van der Waals surface area (Å²) in [5.74, 6) is 0.908. The van der Waals surface area contributed by atoms with Gasteiger partial charge in [0.25, 0.3) is 0 Å². The van der Waals surface area contributed by atoms with Crippen LogP contribution >= 0.6 is 0 Å². The maximum Gasteiger partial charge on any atom is 0.0371 e. The fourth-order valence-corrected chi connectivity index (χ4v) is 2.24. The molecule has 1 aromatic heterocycles. The number of pyridine rings is 1. The number of hydrogen-bond acceptors (Lipinski definition) is 3. The van der Waals surface area contributed by atoms with E-state index in [-0.39, 0.29) is 0 Å². The van der Waals surface area contributed by atoms with Crippen LogP contribution in [-0.4, -0.2) is 36.6 Å². The molecular weight excluding hydrogens is 198 g/mol. The minimum absolute atomic E-state index is 0.908. The molecule has 2 rings (SSSR count). The molecule has 1 aliphatic heterocycles. The third-order valence-electron chi connectivity index (χ3n) is 3.40. The Kier molecular flexibility index (Phi) is 4.17. The number of anilines is 1. The van der Waals surface area contributed by atoms with E-state index < -0.39 is 0 Å². The van der Waals surface area contributed by atoms with Crippen molar-refractivity contribution >= 4 is 5.69 Å². The van der Waals surface area contributed by atoms with Gasteiger partial charge in [0.05, 0.1) is 0 Å². The van der Waals surface area contributed by atoms with E-state index in [0.717, 1.165) is 12.5 Å². The van der Waals surface area contributed by atoms with E-state index in [9.17, 15) is 0 Å². The summed E-state index contributed by atoms with van der Waals surface area (Å²) in [7, 11) is 2.21. The Morgan fingerprint density at radius 1 is 1.31 bits per heavy atom. The lowest BCUT2D eigenvalue weighted by Gasteiger charge is -2.28. The van der Waals surface area contributed by atoms with Gasteiger partial charge in [-0.05, 0) is 57.5 Å². The van der Waals surface area contributed by atoms with Gasteiger partial charge in [0, 0.05) is 24.6 Å². The first kappa shape index (κ1) is 11.4. The monoisotopic (exact) mass is 219 g/mol. The molecule has 1 aliphatic rings. The lowest BCUT2D eigenvalue weighted by atomic mass is 9.94. The average Bonchev–Trinajstić information content (AvgIpc) is 2.33. The van der Waals surface area contributed by atoms with Crippen LogP contribution in [0.3, 0.4) is 0 Å². The second-order valence-electron chi connectivity index (χ2n) is 4.70. The summed E-state index contributed by atoms with van der Waals surface area (Å²) in [6.45, 7) is 3.61. The lowest BCUT2D eigenvalue weighted by molar-refractivity contribution is 0.215. The third kappa shape index (κ3) is 3.49. The molecule has 1 aromatic rings. The Labute approximate surface area is 97.9 Å². The SMILES string of the molecule is CN1CCC(CCNc2ccncc2)CC1. The molecule has 0 saturated carbocycles. The molecule has 0 amide bonds. The van der Waals surface area contributed by atoms with Gasteiger partial charge in [0.1, 0.15) is 0 Å². The Balaban J connectivity index is 1.65. The highest BCUT2D eigenvalue weighted by Gasteiger charge is 2.15. The standard InChI is InChI=1S/C13H21N3/c1-16-10-5-12(6-11-16)2-9-15-13-3-7-14-8-4-13/h3-4,7-8,12H,2,5-6,9-11H2,1H3,(H,14,15). The van der Waals surface area contributed by atoms with Crippen molar-refractivity contribution in [2.75, 3.05) is 32.0 Å². The topological polar surface area (TPSA) is 28.2 Å². The van der Waals surface area contributed by atoms with E-state index in [1.807, 2.05) is 24.5 Å². The summed E-state index contributed by atoms with van der Waals surface area (Å²) in [4.78, 5) is 6.43. The van der Waals surface area contributed by atoms with E-state index in [2.05, 4.69) is 22.2 Å². The van der Waals surface area contributed by atoms with E-state index >= 15 is 0 Å². The molecule has 0 bridgehead atoms. The molecule has 1 fully saturated rings. The van der Waals surface area contributed by atoms with Crippen LogP contribution in [0.1, 0.15) is 19.3 Å². The number of rotatable bonds is 4. The molecule has 1 saturated heterocycles. The lowest BCUT2D eigenvalue weighted by Crippen LogP contribution is -2.30. The Morgan fingerprint density at radius 2 is 2.00 bits per heavy atom. The van der Waals surface area contributed by atoms with E-state index in [1.54, 1.807) is 0 Å². The zero-order valence-electron chi connectivity index (χ0n) is 10.0. The van der Waals surface area contributed by atoms with Crippen LogP contribution in [0.25, 0.3) is 0 Å². The molecule has 1 N–H and O–H groups in total. The zero-order valence-corrected chi connectivity index (χ0v) is 10.0. The van der Waals surface area contributed by atoms with Gasteiger partial charge in [-0.2, -0.15) is 0 Å². The summed E-state index contributed by atoms with van der Waals surface area (Å²) in [6.07, 6.45) is 7.66. The smallest absolute Gasteiger partial charge is 0.0371 e. The summed E-state index contributed by atoms with van der Waals surface area (Å²) in [5.41, 5.74) is 1.18. The molecule has 16 heavy (non-hydrogen) atoms. The maximum absolute atomic E-state index is 4.01. The van der Waals surface area contributed by atoms with Crippen molar-refractivity contribution in [1.29, 1.82) is 0 Å². The molecule has 0 unspecified atom stereocenters. The Hall–Kier alpha value is -1.09. The van der Waals surface area contributed by atoms with Crippen molar-refractivity contribution in [2.24, 2.45) is 5.92 Å². The fraction of sp³-hybridized carbons (Fsp3) is 0.615. The number of nitrogens with zero attached hydrogens (tertiary/aromatic N) is 2. The van der Waals surface area contributed by atoms with E-state index in [1.165, 1.54) is 38.0 Å². The van der Waals surface area contributed by atoms with Gasteiger partial charge in [-0.25, -0.2) is 0 Å². The van der Waals surface area contributed by atoms with Crippen LogP contribution < -0.4 is 5.32 Å². The van der Waals surface area contributed by atoms with Crippen LogP contribution in [0, 0.1) is 5.92 Å². The van der Waals surface area contributed by atoms with Crippen LogP contribution in [0.5, 0.6) is 0 Å². The molecule has 0 spiro atoms. The minimum atomic E-state index is 0.908. The fourth-order valence-electron chi connectivity index (χ4n) is 2.24. The minimum Gasteiger partial charge on any atom is -0.385 e. The van der Waals surface area contributed by atoms with Gasteiger partial charge in [0.15, 0.2) is 0 Å². The van der Waals surface area contributed by atoms with Gasteiger partial charge >= 0.3 is 0 Å². The van der Waals surface area contributed by atoms with Gasteiger partial charge in [0.2, 0.25) is 0 Å². The second kappa shape index (κ2) is 5.85. The largest absolute Gasteiger partial charge is 0.385 e. The Morgan fingerprint density at radius 3 is 2.69 bits per heavy atom. The quantitative estimate of drug-likeness (QED) is 0.841. The highest BCUT2D eigenvalue weighted by atomic mass is 15.1. The summed E-state index contributed by atoms with van der Waals surface area (Å²) in [6, 6.07) is 4.04. The van der Waals surface area contributed by atoms with Crippen LogP contribution in [0.15, 0.2) is 24.5 Å². The molecule has 3 nitrogen and oxygen atoms in total. The molecular formula is C13H21N3. The molecule has 0 atom stereocenters. The van der Waals surface area contributed by atoms with Crippen molar-refractivity contribution in [1.82, 2.24) is 9.88 Å². The van der Waals surface area contributed by atoms with Crippen molar-refractivity contribution in [3.8, 4) is 0 Å². The highest BCUT2D eigenvalue weighted by Crippen LogP contribution is 2.19. The molecule has 0 aromatic carbocycles. The Bertz CT molecular complexity index is 291. The normalized spacial score (nSPS) is 18.6. The third-order valence-corrected chi connectivity index (χ3v) is 3.40. The van der Waals surface area contributed by atoms with Gasteiger partial charge < -0.3 is 10.2 Å². The molecule has 0 radical (unpaired) electrons. The van der Waals surface area contributed by atoms with Crippen LogP contribution in [0.2, 0.25) is 0 Å². The first-order valence-corrected chi connectivity index (χ1v) is 6.17. The summed E-state index contributed by atoms with van der Waals surface area (Å²) < 4.78 is 0. The maximum atomic E-state index is 4.01. The zero-order chi connectivity index (χ0) is 11.2. The number of aromatic nitrogens is 1. The van der Waals surface area contributed by atoms with Crippen molar-refractivity contribution in [3.63, 3.8) is 0 Å². The van der Waals surface area contributed by atoms with Gasteiger partial charge in [-0.1, -0.05) is 0 Å². The molecule has 2 heterocycles. The summed E-state index contributed by atoms with van der Waals surface area (Å²) in [5, 5.41) is 3.45. The average molecular weight is 219 g/mol.